The molecule has 0 saturated carbocycles. The zero-order valence-corrected chi connectivity index (χ0v) is 13.8. The largest absolute Gasteiger partial charge is 0.480 e. The molecule has 0 heterocycles. The smallest absolute Gasteiger partial charge is 0.326 e. The topological polar surface area (TPSA) is 92.4 Å². The Morgan fingerprint density at radius 3 is 1.79 bits per heavy atom. The van der Waals surface area contributed by atoms with Crippen molar-refractivity contribution in [2.24, 2.45) is 5.73 Å². The molecular formula is C19H24N2O3. The number of carboxylic acids is 1. The van der Waals surface area contributed by atoms with Crippen LogP contribution in [0.5, 0.6) is 0 Å². The van der Waals surface area contributed by atoms with Gasteiger partial charge in [-0.1, -0.05) is 60.7 Å². The highest BCUT2D eigenvalue weighted by molar-refractivity contribution is 5.81. The van der Waals surface area contributed by atoms with Gasteiger partial charge in [0.05, 0.1) is 0 Å². The van der Waals surface area contributed by atoms with E-state index in [0.29, 0.717) is 19.4 Å². The lowest BCUT2D eigenvalue weighted by atomic mass is 10.1. The van der Waals surface area contributed by atoms with Gasteiger partial charge in [0.1, 0.15) is 6.04 Å². The highest BCUT2D eigenvalue weighted by atomic mass is 16.4. The Bertz CT molecular complexity index is 578. The number of hydrogen-bond acceptors (Lipinski definition) is 3. The number of carboxylic acid groups (broad SMARTS) is 1. The monoisotopic (exact) mass is 328 g/mol. The van der Waals surface area contributed by atoms with Gasteiger partial charge in [0.2, 0.25) is 5.91 Å². The van der Waals surface area contributed by atoms with Crippen molar-refractivity contribution in [3.05, 3.63) is 60.7 Å². The van der Waals surface area contributed by atoms with Gasteiger partial charge in [0.25, 0.3) is 0 Å². The number of benzene rings is 2. The highest BCUT2D eigenvalue weighted by Crippen LogP contribution is 2.17. The fourth-order valence-electron chi connectivity index (χ4n) is 2.09. The third kappa shape index (κ3) is 7.56. The van der Waals surface area contributed by atoms with Gasteiger partial charge in [-0.15, -0.1) is 0 Å². The van der Waals surface area contributed by atoms with Crippen molar-refractivity contribution in [2.45, 2.75) is 25.8 Å². The Hall–Kier alpha value is -2.66. The van der Waals surface area contributed by atoms with Gasteiger partial charge in [-0.05, 0) is 30.5 Å². The number of carbonyl (C=O) groups excluding carboxylic acids is 1. The third-order valence-electron chi connectivity index (χ3n) is 3.25. The first kappa shape index (κ1) is 19.4. The molecule has 5 nitrogen and oxygen atoms in total. The first-order valence-electron chi connectivity index (χ1n) is 7.85. The van der Waals surface area contributed by atoms with Gasteiger partial charge < -0.3 is 16.2 Å². The zero-order chi connectivity index (χ0) is 17.8. The molecule has 2 rings (SSSR count). The van der Waals surface area contributed by atoms with E-state index in [1.165, 1.54) is 18.1 Å². The van der Waals surface area contributed by atoms with Crippen molar-refractivity contribution >= 4 is 11.9 Å². The van der Waals surface area contributed by atoms with Crippen LogP contribution in [-0.2, 0) is 9.59 Å². The molecule has 0 aromatic heterocycles. The lowest BCUT2D eigenvalue weighted by Crippen LogP contribution is -2.39. The third-order valence-corrected chi connectivity index (χ3v) is 3.25. The molecule has 0 saturated heterocycles. The van der Waals surface area contributed by atoms with Crippen molar-refractivity contribution in [3.8, 4) is 11.1 Å². The number of carbonyl (C=O) groups is 2. The maximum Gasteiger partial charge on any atom is 0.326 e. The predicted molar refractivity (Wildman–Crippen MR) is 95.4 cm³/mol. The molecular weight excluding hydrogens is 304 g/mol. The minimum absolute atomic E-state index is 0.334. The predicted octanol–water partition coefficient (Wildman–Crippen LogP) is 2.67. The van der Waals surface area contributed by atoms with Crippen LogP contribution in [0.4, 0.5) is 0 Å². The van der Waals surface area contributed by atoms with Gasteiger partial charge in [-0.25, -0.2) is 4.79 Å². The minimum Gasteiger partial charge on any atom is -0.480 e. The zero-order valence-electron chi connectivity index (χ0n) is 13.8. The van der Waals surface area contributed by atoms with Gasteiger partial charge in [0.15, 0.2) is 0 Å². The molecule has 5 heteroatoms. The lowest BCUT2D eigenvalue weighted by Gasteiger charge is -2.11. The molecule has 0 fully saturated rings. The quantitative estimate of drug-likeness (QED) is 0.760. The number of amides is 1. The van der Waals surface area contributed by atoms with E-state index in [-0.39, 0.29) is 5.91 Å². The Morgan fingerprint density at radius 1 is 1.00 bits per heavy atom. The molecule has 0 aliphatic carbocycles. The standard InChI is InChI=1S/C12H10.C7H14N2O3/c1-3-7-11(8-4-1)12-9-5-2-6-10-12;1-5(10)9-6(7(11)12)3-2-4-8/h1-10H;6H,2-4,8H2,1H3,(H,9,10)(H,11,12). The Labute approximate surface area is 142 Å². The molecule has 1 amide bonds. The summed E-state index contributed by atoms with van der Waals surface area (Å²) in [6.07, 6.45) is 0.975. The minimum atomic E-state index is -1.02. The van der Waals surface area contributed by atoms with Crippen LogP contribution in [0.3, 0.4) is 0 Å². The van der Waals surface area contributed by atoms with Gasteiger partial charge in [-0.2, -0.15) is 0 Å². The van der Waals surface area contributed by atoms with E-state index in [0.717, 1.165) is 0 Å². The molecule has 2 aromatic rings. The second kappa shape index (κ2) is 11.0. The van der Waals surface area contributed by atoms with Crippen LogP contribution < -0.4 is 11.1 Å². The Morgan fingerprint density at radius 2 is 1.46 bits per heavy atom. The molecule has 0 aliphatic rings. The summed E-state index contributed by atoms with van der Waals surface area (Å²) in [6, 6.07) is 20.0. The second-order valence-corrected chi connectivity index (χ2v) is 5.25. The van der Waals surface area contributed by atoms with Crippen molar-refractivity contribution in [3.63, 3.8) is 0 Å². The van der Waals surface area contributed by atoms with Crippen molar-refractivity contribution in [2.75, 3.05) is 6.54 Å². The number of hydrogen-bond donors (Lipinski definition) is 3. The van der Waals surface area contributed by atoms with E-state index < -0.39 is 12.0 Å². The summed E-state index contributed by atoms with van der Waals surface area (Å²) in [5.74, 6) is -1.35. The fourth-order valence-corrected chi connectivity index (χ4v) is 2.09. The van der Waals surface area contributed by atoms with E-state index in [1.807, 2.05) is 12.1 Å². The van der Waals surface area contributed by atoms with E-state index >= 15 is 0 Å². The molecule has 128 valence electrons. The van der Waals surface area contributed by atoms with E-state index in [9.17, 15) is 9.59 Å². The lowest BCUT2D eigenvalue weighted by molar-refractivity contribution is -0.141. The van der Waals surface area contributed by atoms with Crippen LogP contribution in [0.2, 0.25) is 0 Å². The number of aliphatic carboxylic acids is 1. The van der Waals surface area contributed by atoms with Crippen molar-refractivity contribution in [1.29, 1.82) is 0 Å². The first-order chi connectivity index (χ1) is 11.5. The van der Waals surface area contributed by atoms with Crippen molar-refractivity contribution in [1.82, 2.24) is 5.32 Å². The van der Waals surface area contributed by atoms with E-state index in [1.54, 1.807) is 0 Å². The molecule has 24 heavy (non-hydrogen) atoms. The van der Waals surface area contributed by atoms with Crippen LogP contribution >= 0.6 is 0 Å². The first-order valence-corrected chi connectivity index (χ1v) is 7.85. The van der Waals surface area contributed by atoms with Crippen LogP contribution in [0.15, 0.2) is 60.7 Å². The number of rotatable bonds is 6. The van der Waals surface area contributed by atoms with Gasteiger partial charge in [0, 0.05) is 6.92 Å². The average molecular weight is 328 g/mol. The van der Waals surface area contributed by atoms with Gasteiger partial charge >= 0.3 is 5.97 Å². The molecule has 4 N–H and O–H groups in total. The summed E-state index contributed by atoms with van der Waals surface area (Å²) < 4.78 is 0. The summed E-state index contributed by atoms with van der Waals surface area (Å²) in [6.45, 7) is 1.72. The van der Waals surface area contributed by atoms with Crippen LogP contribution in [0.25, 0.3) is 11.1 Å². The Kier molecular flexibility index (Phi) is 8.86. The van der Waals surface area contributed by atoms with Crippen LogP contribution in [0.1, 0.15) is 19.8 Å². The summed E-state index contributed by atoms with van der Waals surface area (Å²) in [7, 11) is 0. The van der Waals surface area contributed by atoms with Gasteiger partial charge in [-0.3, -0.25) is 4.79 Å². The van der Waals surface area contributed by atoms with Crippen LogP contribution in [0, 0.1) is 0 Å². The second-order valence-electron chi connectivity index (χ2n) is 5.25. The maximum atomic E-state index is 10.5. The molecule has 0 bridgehead atoms. The number of nitrogens with two attached hydrogens (primary N) is 1. The highest BCUT2D eigenvalue weighted by Gasteiger charge is 2.16. The van der Waals surface area contributed by atoms with E-state index in [2.05, 4.69) is 53.8 Å². The summed E-state index contributed by atoms with van der Waals surface area (Å²) >= 11 is 0. The molecule has 1 atom stereocenters. The number of nitrogens with one attached hydrogen (secondary N) is 1. The average Bonchev–Trinajstić information content (AvgIpc) is 2.60. The molecule has 0 radical (unpaired) electrons. The maximum absolute atomic E-state index is 10.5. The molecule has 0 aliphatic heterocycles. The normalized spacial score (nSPS) is 10.9. The van der Waals surface area contributed by atoms with Crippen molar-refractivity contribution < 1.29 is 14.7 Å². The molecule has 1 unspecified atom stereocenters. The summed E-state index contributed by atoms with van der Waals surface area (Å²) in [5.41, 5.74) is 7.75. The molecule has 2 aromatic carbocycles. The fraction of sp³-hybridized carbons (Fsp3) is 0.263. The SMILES string of the molecule is CC(=O)NC(CCCN)C(=O)O.c1ccc(-c2ccccc2)cc1. The summed E-state index contributed by atoms with van der Waals surface area (Å²) in [5, 5.41) is 10.9. The Balaban J connectivity index is 0.000000240. The summed E-state index contributed by atoms with van der Waals surface area (Å²) in [4.78, 5) is 21.0. The molecule has 0 spiro atoms. The van der Waals surface area contributed by atoms with E-state index in [4.69, 9.17) is 10.8 Å². The van der Waals surface area contributed by atoms with Crippen LogP contribution in [-0.4, -0.2) is 29.6 Å².